The molecule has 0 spiro atoms. The van der Waals surface area contributed by atoms with E-state index in [1.807, 2.05) is 109 Å². The predicted octanol–water partition coefficient (Wildman–Crippen LogP) is 5.77. The van der Waals surface area contributed by atoms with Crippen molar-refractivity contribution in [1.29, 1.82) is 0 Å². The fourth-order valence-corrected chi connectivity index (χ4v) is 11.7. The van der Waals surface area contributed by atoms with E-state index in [0.29, 0.717) is 17.3 Å². The first-order valence-electron chi connectivity index (χ1n) is 20.2. The summed E-state index contributed by atoms with van der Waals surface area (Å²) in [7, 11) is 3.06. The number of methoxy groups -OCH3 is 3. The van der Waals surface area contributed by atoms with Crippen LogP contribution in [0.2, 0.25) is 0 Å². The van der Waals surface area contributed by atoms with Gasteiger partial charge < -0.3 is 47.0 Å². The smallest absolute Gasteiger partial charge is 0.330 e. The Kier molecular flexibility index (Phi) is 14.0. The quantitative estimate of drug-likeness (QED) is 0.0492. The third kappa shape index (κ3) is 9.09. The Hall–Kier alpha value is -4.38. The molecule has 4 aromatic carbocycles. The molecule has 5 aromatic rings. The molecular formula is C45H50N3O11PS. The van der Waals surface area contributed by atoms with E-state index in [0.717, 1.165) is 45.5 Å². The number of nitrogens with zero attached hydrogens (tertiary/aromatic N) is 2. The fraction of sp³-hybridized carbons (Fsp3) is 0.378. The molecule has 4 heterocycles. The third-order valence-electron chi connectivity index (χ3n) is 11.3. The van der Waals surface area contributed by atoms with Gasteiger partial charge in [-0.1, -0.05) is 72.8 Å². The number of hydrogen-bond donors (Lipinski definition) is 1. The number of fused-ring (bicyclic) bond motifs is 1. The van der Waals surface area contributed by atoms with Crippen LogP contribution in [0.5, 0.6) is 11.5 Å². The highest BCUT2D eigenvalue weighted by atomic mass is 32.2. The SMILES string of the molecule is COCCO[C@@H]1[C@H](O[P@]2O[C@H](C[S+]([O-])c3ccccc3)[C@@H]3CCCN32)[C@@H](COC(c2ccccc2)(c2ccc(OC)cc2)c2ccc(OC)cc2)O[C@H]1n1c(=O)cc[nH]c1=O. The minimum atomic E-state index is -1.74. The van der Waals surface area contributed by atoms with E-state index in [2.05, 4.69) is 9.65 Å². The molecule has 8 atom stereocenters. The Morgan fingerprint density at radius 2 is 1.44 bits per heavy atom. The molecule has 61 heavy (non-hydrogen) atoms. The molecule has 0 radical (unpaired) electrons. The molecule has 8 rings (SSSR count). The van der Waals surface area contributed by atoms with Crippen LogP contribution in [0.3, 0.4) is 0 Å². The van der Waals surface area contributed by atoms with Gasteiger partial charge in [0, 0.05) is 32.0 Å². The Labute approximate surface area is 358 Å². The van der Waals surface area contributed by atoms with Crippen molar-refractivity contribution in [2.75, 3.05) is 53.4 Å². The lowest BCUT2D eigenvalue weighted by Crippen LogP contribution is -2.44. The Morgan fingerprint density at radius 1 is 0.803 bits per heavy atom. The number of nitrogens with one attached hydrogen (secondary N) is 1. The predicted molar refractivity (Wildman–Crippen MR) is 229 cm³/mol. The number of aromatic amines is 1. The maximum atomic E-state index is 13.6. The number of rotatable bonds is 18. The van der Waals surface area contributed by atoms with Crippen LogP contribution >= 0.6 is 8.53 Å². The third-order valence-corrected chi connectivity index (χ3v) is 14.6. The molecule has 0 saturated carbocycles. The van der Waals surface area contributed by atoms with E-state index < -0.39 is 61.1 Å². The van der Waals surface area contributed by atoms with Gasteiger partial charge in [0.05, 0.1) is 34.0 Å². The van der Waals surface area contributed by atoms with Gasteiger partial charge in [0.25, 0.3) is 14.1 Å². The highest BCUT2D eigenvalue weighted by molar-refractivity contribution is 7.91. The van der Waals surface area contributed by atoms with Gasteiger partial charge >= 0.3 is 5.69 Å². The molecule has 1 N–H and O–H groups in total. The standard InChI is InChI=1S/C45H50N3O11PS/c1-52-27-28-55-42-41(59-60-47-26-10-15-37(47)39(58-60)30-61(51)36-13-8-5-9-14-36)38(57-43(42)48-40(49)24-25-46-44(48)50)29-56-45(31-11-6-4-7-12-31,32-16-20-34(53-2)21-17-32)33-18-22-35(54-3)23-19-33/h4-9,11-14,16-25,37-39,41-43H,10,15,26-30H2,1-3H3,(H,46,50)/t37-,38+,39+,41+,42+,43+,60-,61?/m0/s1. The number of H-pyrrole nitrogens is 1. The number of ether oxygens (including phenoxy) is 6. The lowest BCUT2D eigenvalue weighted by molar-refractivity contribution is -0.0999. The largest absolute Gasteiger partial charge is 0.611 e. The van der Waals surface area contributed by atoms with Gasteiger partial charge in [-0.05, 0) is 77.1 Å². The highest BCUT2D eigenvalue weighted by Crippen LogP contribution is 2.58. The highest BCUT2D eigenvalue weighted by Gasteiger charge is 2.55. The molecule has 16 heteroatoms. The average molecular weight is 872 g/mol. The zero-order chi connectivity index (χ0) is 42.3. The van der Waals surface area contributed by atoms with E-state index in [1.165, 1.54) is 12.3 Å². The molecule has 3 aliphatic rings. The second kappa shape index (κ2) is 19.8. The molecule has 3 saturated heterocycles. The van der Waals surface area contributed by atoms with Crippen molar-refractivity contribution >= 4 is 19.7 Å². The van der Waals surface area contributed by atoms with Gasteiger partial charge in [0.15, 0.2) is 11.1 Å². The van der Waals surface area contributed by atoms with E-state index in [-0.39, 0.29) is 32.0 Å². The molecule has 3 aliphatic heterocycles. The Bertz CT molecular complexity index is 2210. The van der Waals surface area contributed by atoms with Crippen molar-refractivity contribution in [3.63, 3.8) is 0 Å². The Balaban J connectivity index is 1.19. The van der Waals surface area contributed by atoms with E-state index in [4.69, 9.17) is 37.5 Å². The molecule has 0 aliphatic carbocycles. The van der Waals surface area contributed by atoms with E-state index in [9.17, 15) is 14.1 Å². The summed E-state index contributed by atoms with van der Waals surface area (Å²) >= 11 is -1.30. The van der Waals surface area contributed by atoms with Gasteiger partial charge in [-0.25, -0.2) is 14.0 Å². The topological polar surface area (TPSA) is 155 Å². The van der Waals surface area contributed by atoms with E-state index >= 15 is 0 Å². The molecule has 322 valence electrons. The molecule has 0 bridgehead atoms. The molecule has 0 amide bonds. The second-order valence-corrected chi connectivity index (χ2v) is 17.8. The summed E-state index contributed by atoms with van der Waals surface area (Å²) in [5, 5.41) is 0. The molecule has 1 unspecified atom stereocenters. The lowest BCUT2D eigenvalue weighted by atomic mass is 9.80. The van der Waals surface area contributed by atoms with Crippen molar-refractivity contribution in [2.45, 2.75) is 60.0 Å². The molecule has 3 fully saturated rings. The van der Waals surface area contributed by atoms with Crippen LogP contribution in [0.15, 0.2) is 136 Å². The summed E-state index contributed by atoms with van der Waals surface area (Å²) in [6.45, 7) is 0.979. The van der Waals surface area contributed by atoms with Crippen LogP contribution < -0.4 is 20.7 Å². The van der Waals surface area contributed by atoms with Crippen LogP contribution in [-0.2, 0) is 44.8 Å². The second-order valence-electron chi connectivity index (χ2n) is 14.8. The normalized spacial score (nSPS) is 24.4. The zero-order valence-corrected chi connectivity index (χ0v) is 35.9. The first-order valence-corrected chi connectivity index (χ1v) is 22.7. The number of benzene rings is 4. The molecular weight excluding hydrogens is 822 g/mol. The van der Waals surface area contributed by atoms with Gasteiger partial charge in [-0.2, -0.15) is 0 Å². The fourth-order valence-electron chi connectivity index (χ4n) is 8.33. The summed E-state index contributed by atoms with van der Waals surface area (Å²) in [6, 6.07) is 35.9. The first-order chi connectivity index (χ1) is 29.8. The minimum absolute atomic E-state index is 0.00471. The van der Waals surface area contributed by atoms with Crippen molar-refractivity contribution < 1.29 is 42.0 Å². The number of hydrogen-bond acceptors (Lipinski definition) is 12. The van der Waals surface area contributed by atoms with E-state index in [1.54, 1.807) is 21.3 Å². The zero-order valence-electron chi connectivity index (χ0n) is 34.2. The number of aromatic nitrogens is 2. The van der Waals surface area contributed by atoms with Gasteiger partial charge in [-0.3, -0.25) is 4.79 Å². The first kappa shape index (κ1) is 43.3. The molecule has 14 nitrogen and oxygen atoms in total. The van der Waals surface area contributed by atoms with Crippen molar-refractivity contribution in [2.24, 2.45) is 0 Å². The van der Waals surface area contributed by atoms with Crippen molar-refractivity contribution in [3.8, 4) is 11.5 Å². The van der Waals surface area contributed by atoms with Crippen molar-refractivity contribution in [3.05, 3.63) is 159 Å². The van der Waals surface area contributed by atoms with Crippen LogP contribution in [0.1, 0.15) is 35.8 Å². The van der Waals surface area contributed by atoms with Gasteiger partial charge in [0.1, 0.15) is 47.3 Å². The maximum Gasteiger partial charge on any atom is 0.330 e. The summed E-state index contributed by atoms with van der Waals surface area (Å²) in [5.41, 5.74) is -0.0229. The average Bonchev–Trinajstić information content (AvgIpc) is 4.00. The monoisotopic (exact) mass is 871 g/mol. The minimum Gasteiger partial charge on any atom is -0.611 e. The summed E-state index contributed by atoms with van der Waals surface area (Å²) in [5.74, 6) is 1.65. The van der Waals surface area contributed by atoms with Gasteiger partial charge in [-0.15, -0.1) is 0 Å². The van der Waals surface area contributed by atoms with Crippen LogP contribution in [-0.4, -0.2) is 103 Å². The Morgan fingerprint density at radius 3 is 2.07 bits per heavy atom. The van der Waals surface area contributed by atoms with Crippen molar-refractivity contribution in [1.82, 2.24) is 14.2 Å². The molecule has 1 aromatic heterocycles. The van der Waals surface area contributed by atoms with Crippen LogP contribution in [0, 0.1) is 0 Å². The summed E-state index contributed by atoms with van der Waals surface area (Å²) in [4.78, 5) is 30.3. The summed E-state index contributed by atoms with van der Waals surface area (Å²) < 4.78 is 67.7. The van der Waals surface area contributed by atoms with Crippen LogP contribution in [0.25, 0.3) is 0 Å². The maximum absolute atomic E-state index is 13.6. The summed E-state index contributed by atoms with van der Waals surface area (Å²) in [6.07, 6.45) is -1.30. The van der Waals surface area contributed by atoms with Crippen LogP contribution in [0.4, 0.5) is 0 Å². The van der Waals surface area contributed by atoms with Gasteiger partial charge in [0.2, 0.25) is 0 Å². The lowest BCUT2D eigenvalue weighted by Gasteiger charge is -2.37.